The summed E-state index contributed by atoms with van der Waals surface area (Å²) < 4.78 is 10.8. The van der Waals surface area contributed by atoms with Crippen LogP contribution in [0.15, 0.2) is 78.9 Å². The predicted molar refractivity (Wildman–Crippen MR) is 120 cm³/mol. The Morgan fingerprint density at radius 2 is 1.52 bits per heavy atom. The molecule has 0 saturated heterocycles. The first kappa shape index (κ1) is 21.9. The molecule has 0 saturated carbocycles. The van der Waals surface area contributed by atoms with Gasteiger partial charge in [0.05, 0.1) is 13.2 Å². The van der Waals surface area contributed by atoms with E-state index in [9.17, 15) is 9.59 Å². The first-order valence-corrected chi connectivity index (χ1v) is 10.0. The first-order valence-electron chi connectivity index (χ1n) is 10.0. The Balaban J connectivity index is 1.59. The monoisotopic (exact) mass is 418 g/mol. The smallest absolute Gasteiger partial charge is 0.261 e. The van der Waals surface area contributed by atoms with Gasteiger partial charge < -0.3 is 20.1 Å². The molecule has 0 aromatic heterocycles. The molecule has 2 N–H and O–H groups in total. The van der Waals surface area contributed by atoms with E-state index < -0.39 is 6.10 Å². The maximum atomic E-state index is 12.6. The molecule has 0 spiro atoms. The molecule has 3 aromatic carbocycles. The lowest BCUT2D eigenvalue weighted by Gasteiger charge is -2.19. The zero-order valence-corrected chi connectivity index (χ0v) is 17.8. The third kappa shape index (κ3) is 6.09. The summed E-state index contributed by atoms with van der Waals surface area (Å²) in [4.78, 5) is 24.9. The minimum atomic E-state index is -0.670. The second-order valence-electron chi connectivity index (χ2n) is 7.11. The highest BCUT2D eigenvalue weighted by Gasteiger charge is 2.18. The lowest BCUT2D eigenvalue weighted by atomic mass is 10.1. The Bertz CT molecular complexity index is 1020. The number of hydrogen-bond acceptors (Lipinski definition) is 4. The molecule has 0 heterocycles. The lowest BCUT2D eigenvalue weighted by molar-refractivity contribution is -0.127. The van der Waals surface area contributed by atoms with Crippen LogP contribution in [-0.2, 0) is 4.79 Å². The fraction of sp³-hybridized carbons (Fsp3) is 0.200. The van der Waals surface area contributed by atoms with Gasteiger partial charge in [-0.25, -0.2) is 0 Å². The molecule has 0 aliphatic rings. The van der Waals surface area contributed by atoms with Gasteiger partial charge in [0.2, 0.25) is 0 Å². The number of carbonyl (C=O) groups excluding carboxylic acids is 2. The highest BCUT2D eigenvalue weighted by molar-refractivity contribution is 6.04. The Hall–Kier alpha value is -3.80. The van der Waals surface area contributed by atoms with Crippen LogP contribution < -0.4 is 20.1 Å². The summed E-state index contributed by atoms with van der Waals surface area (Å²) in [6.45, 7) is 3.58. The summed E-state index contributed by atoms with van der Waals surface area (Å²) in [6.07, 6.45) is -0.670. The van der Waals surface area contributed by atoms with Crippen LogP contribution in [0.25, 0.3) is 0 Å². The quantitative estimate of drug-likeness (QED) is 0.561. The van der Waals surface area contributed by atoms with Crippen LogP contribution in [0.3, 0.4) is 0 Å². The van der Waals surface area contributed by atoms with Gasteiger partial charge in [0.1, 0.15) is 11.5 Å². The van der Waals surface area contributed by atoms with E-state index >= 15 is 0 Å². The van der Waals surface area contributed by atoms with Crippen molar-refractivity contribution in [3.05, 3.63) is 90.0 Å². The van der Waals surface area contributed by atoms with Gasteiger partial charge in [-0.1, -0.05) is 30.3 Å². The molecule has 0 fully saturated rings. The molecule has 0 bridgehead atoms. The Morgan fingerprint density at radius 3 is 2.19 bits per heavy atom. The Morgan fingerprint density at radius 1 is 0.839 bits per heavy atom. The summed E-state index contributed by atoms with van der Waals surface area (Å²) in [7, 11) is 1.59. The van der Waals surface area contributed by atoms with Gasteiger partial charge in [-0.3, -0.25) is 9.59 Å². The fourth-order valence-corrected chi connectivity index (χ4v) is 3.00. The van der Waals surface area contributed by atoms with Crippen LogP contribution in [0, 0.1) is 0 Å². The zero-order valence-electron chi connectivity index (χ0n) is 17.8. The normalized spacial score (nSPS) is 12.4. The summed E-state index contributed by atoms with van der Waals surface area (Å²) in [6, 6.07) is 23.2. The molecule has 160 valence electrons. The average Bonchev–Trinajstić information content (AvgIpc) is 2.80. The third-order valence-corrected chi connectivity index (χ3v) is 4.78. The van der Waals surface area contributed by atoms with Gasteiger partial charge in [0.25, 0.3) is 11.8 Å². The van der Waals surface area contributed by atoms with Crippen molar-refractivity contribution in [2.24, 2.45) is 0 Å². The van der Waals surface area contributed by atoms with Crippen LogP contribution in [0.5, 0.6) is 11.5 Å². The second kappa shape index (κ2) is 10.3. The van der Waals surface area contributed by atoms with Crippen LogP contribution in [-0.4, -0.2) is 25.0 Å². The van der Waals surface area contributed by atoms with Crippen molar-refractivity contribution in [2.75, 3.05) is 12.4 Å². The molecular formula is C25H26N2O4. The number of amides is 2. The summed E-state index contributed by atoms with van der Waals surface area (Å²) in [5, 5.41) is 5.83. The van der Waals surface area contributed by atoms with Gasteiger partial charge in [-0.15, -0.1) is 0 Å². The Labute approximate surface area is 182 Å². The van der Waals surface area contributed by atoms with Crippen molar-refractivity contribution in [3.8, 4) is 11.5 Å². The number of hydrogen-bond donors (Lipinski definition) is 2. The molecule has 0 radical (unpaired) electrons. The van der Waals surface area contributed by atoms with E-state index in [-0.39, 0.29) is 17.9 Å². The maximum Gasteiger partial charge on any atom is 0.261 e. The first-order chi connectivity index (χ1) is 15.0. The highest BCUT2D eigenvalue weighted by Crippen LogP contribution is 2.20. The second-order valence-corrected chi connectivity index (χ2v) is 7.11. The molecule has 0 aliphatic heterocycles. The zero-order chi connectivity index (χ0) is 22.2. The van der Waals surface area contributed by atoms with Crippen molar-refractivity contribution >= 4 is 17.5 Å². The molecule has 6 heteroatoms. The SMILES string of the molecule is COc1ccc(OC(C)C(=O)NC(C)c2cccc(NC(=O)c3ccccc3)c2)cc1. The number of carbonyl (C=O) groups is 2. The van der Waals surface area contributed by atoms with E-state index in [2.05, 4.69) is 10.6 Å². The average molecular weight is 418 g/mol. The topological polar surface area (TPSA) is 76.7 Å². The van der Waals surface area contributed by atoms with Crippen molar-refractivity contribution < 1.29 is 19.1 Å². The summed E-state index contributed by atoms with van der Waals surface area (Å²) >= 11 is 0. The van der Waals surface area contributed by atoms with Crippen LogP contribution in [0.1, 0.15) is 35.8 Å². The molecule has 6 nitrogen and oxygen atoms in total. The number of rotatable bonds is 8. The molecule has 3 aromatic rings. The molecule has 2 amide bonds. The molecule has 31 heavy (non-hydrogen) atoms. The number of ether oxygens (including phenoxy) is 2. The van der Waals surface area contributed by atoms with Crippen LogP contribution in [0.2, 0.25) is 0 Å². The summed E-state index contributed by atoms with van der Waals surface area (Å²) in [5.41, 5.74) is 2.12. The van der Waals surface area contributed by atoms with Crippen molar-refractivity contribution in [1.29, 1.82) is 0 Å². The molecule has 2 unspecified atom stereocenters. The van der Waals surface area contributed by atoms with Gasteiger partial charge in [0.15, 0.2) is 6.10 Å². The minimum absolute atomic E-state index is 0.184. The predicted octanol–water partition coefficient (Wildman–Crippen LogP) is 4.59. The van der Waals surface area contributed by atoms with E-state index in [0.29, 0.717) is 17.0 Å². The number of methoxy groups -OCH3 is 1. The van der Waals surface area contributed by atoms with Gasteiger partial charge >= 0.3 is 0 Å². The Kier molecular flexibility index (Phi) is 7.27. The number of nitrogens with one attached hydrogen (secondary N) is 2. The van der Waals surface area contributed by atoms with Crippen LogP contribution in [0.4, 0.5) is 5.69 Å². The largest absolute Gasteiger partial charge is 0.497 e. The van der Waals surface area contributed by atoms with Crippen molar-refractivity contribution in [2.45, 2.75) is 26.0 Å². The molecule has 2 atom stereocenters. The van der Waals surface area contributed by atoms with Crippen molar-refractivity contribution in [1.82, 2.24) is 5.32 Å². The van der Waals surface area contributed by atoms with E-state index in [1.54, 1.807) is 50.4 Å². The molecule has 0 aliphatic carbocycles. The van der Waals surface area contributed by atoms with Gasteiger partial charge in [-0.2, -0.15) is 0 Å². The van der Waals surface area contributed by atoms with Gasteiger partial charge in [0, 0.05) is 11.3 Å². The van der Waals surface area contributed by atoms with E-state index in [4.69, 9.17) is 9.47 Å². The van der Waals surface area contributed by atoms with E-state index in [0.717, 1.165) is 11.3 Å². The molecular weight excluding hydrogens is 392 g/mol. The third-order valence-electron chi connectivity index (χ3n) is 4.78. The highest BCUT2D eigenvalue weighted by atomic mass is 16.5. The standard InChI is InChI=1S/C25H26N2O4/c1-17(26-24(28)18(2)31-23-14-12-22(30-3)13-15-23)20-10-7-11-21(16-20)27-25(29)19-8-5-4-6-9-19/h4-18H,1-3H3,(H,26,28)(H,27,29). The number of benzene rings is 3. The molecule has 3 rings (SSSR count). The number of anilines is 1. The summed E-state index contributed by atoms with van der Waals surface area (Å²) in [5.74, 6) is 0.886. The maximum absolute atomic E-state index is 12.6. The minimum Gasteiger partial charge on any atom is -0.497 e. The van der Waals surface area contributed by atoms with E-state index in [1.165, 1.54) is 0 Å². The van der Waals surface area contributed by atoms with Gasteiger partial charge in [-0.05, 0) is 67.9 Å². The van der Waals surface area contributed by atoms with Crippen molar-refractivity contribution in [3.63, 3.8) is 0 Å². The fourth-order valence-electron chi connectivity index (χ4n) is 3.00. The van der Waals surface area contributed by atoms with E-state index in [1.807, 2.05) is 49.4 Å². The lowest BCUT2D eigenvalue weighted by Crippen LogP contribution is -2.37. The van der Waals surface area contributed by atoms with Crippen LogP contribution >= 0.6 is 0 Å².